The average Bonchev–Trinajstić information content (AvgIpc) is 3.03. The lowest BCUT2D eigenvalue weighted by atomic mass is 9.94. The van der Waals surface area contributed by atoms with E-state index in [9.17, 15) is 0 Å². The third-order valence-corrected chi connectivity index (χ3v) is 5.49. The van der Waals surface area contributed by atoms with Gasteiger partial charge in [0.05, 0.1) is 5.52 Å². The number of fused-ring (bicyclic) bond motifs is 1. The Morgan fingerprint density at radius 2 is 2.12 bits per heavy atom. The highest BCUT2D eigenvalue weighted by Gasteiger charge is 2.32. The molecule has 5 heteroatoms. The fourth-order valence-corrected chi connectivity index (χ4v) is 4.32. The lowest BCUT2D eigenvalue weighted by Crippen LogP contribution is -2.28. The second-order valence-corrected chi connectivity index (χ2v) is 7.47. The zero-order valence-electron chi connectivity index (χ0n) is 14.9. The minimum atomic E-state index is 0.422. The van der Waals surface area contributed by atoms with Crippen LogP contribution in [-0.2, 0) is 6.54 Å². The maximum absolute atomic E-state index is 6.28. The number of aromatic nitrogens is 2. The Bertz CT molecular complexity index is 884. The topological polar surface area (TPSA) is 41.0 Å². The van der Waals surface area contributed by atoms with Crippen LogP contribution in [0.2, 0.25) is 5.02 Å². The summed E-state index contributed by atoms with van der Waals surface area (Å²) in [6.45, 7) is 2.85. The molecule has 0 amide bonds. The van der Waals surface area contributed by atoms with E-state index in [0.29, 0.717) is 12.0 Å². The van der Waals surface area contributed by atoms with Gasteiger partial charge in [-0.25, -0.2) is 0 Å². The Morgan fingerprint density at radius 1 is 1.23 bits per heavy atom. The molecule has 0 bridgehead atoms. The molecule has 1 fully saturated rings. The van der Waals surface area contributed by atoms with Gasteiger partial charge in [0, 0.05) is 48.1 Å². The predicted molar refractivity (Wildman–Crippen MR) is 106 cm³/mol. The van der Waals surface area contributed by atoms with E-state index in [4.69, 9.17) is 11.6 Å². The van der Waals surface area contributed by atoms with Gasteiger partial charge in [-0.1, -0.05) is 23.7 Å². The van der Waals surface area contributed by atoms with E-state index in [0.717, 1.165) is 41.1 Å². The Hall–Kier alpha value is -2.01. The molecule has 0 spiro atoms. The van der Waals surface area contributed by atoms with Crippen molar-refractivity contribution in [2.75, 3.05) is 20.1 Å². The van der Waals surface area contributed by atoms with Gasteiger partial charge < -0.3 is 5.32 Å². The number of pyridine rings is 2. The maximum Gasteiger partial charge on any atom is 0.0747 e. The lowest BCUT2D eigenvalue weighted by molar-refractivity contribution is 0.271. The van der Waals surface area contributed by atoms with Gasteiger partial charge in [-0.05, 0) is 61.3 Å². The van der Waals surface area contributed by atoms with Gasteiger partial charge in [0.1, 0.15) is 0 Å². The number of nitrogens with zero attached hydrogens (tertiary/aromatic N) is 3. The summed E-state index contributed by atoms with van der Waals surface area (Å²) in [5, 5.41) is 5.49. The van der Waals surface area contributed by atoms with E-state index in [1.54, 1.807) is 0 Å². The van der Waals surface area contributed by atoms with E-state index >= 15 is 0 Å². The van der Waals surface area contributed by atoms with Crippen molar-refractivity contribution in [3.63, 3.8) is 0 Å². The number of halogens is 1. The highest BCUT2D eigenvalue weighted by molar-refractivity contribution is 6.31. The molecule has 1 aliphatic rings. The van der Waals surface area contributed by atoms with Gasteiger partial charge in [0.15, 0.2) is 0 Å². The van der Waals surface area contributed by atoms with Crippen LogP contribution in [0.15, 0.2) is 55.0 Å². The van der Waals surface area contributed by atoms with Crippen LogP contribution in [0.1, 0.15) is 23.6 Å². The summed E-state index contributed by atoms with van der Waals surface area (Å²) >= 11 is 6.28. The monoisotopic (exact) mass is 366 g/mol. The fourth-order valence-electron chi connectivity index (χ4n) is 4.07. The van der Waals surface area contributed by atoms with Crippen molar-refractivity contribution in [2.45, 2.75) is 19.0 Å². The molecule has 0 radical (unpaired) electrons. The van der Waals surface area contributed by atoms with Crippen LogP contribution in [-0.4, -0.2) is 35.0 Å². The molecule has 0 unspecified atom stereocenters. The summed E-state index contributed by atoms with van der Waals surface area (Å²) in [6, 6.07) is 12.6. The van der Waals surface area contributed by atoms with Crippen molar-refractivity contribution in [1.82, 2.24) is 20.2 Å². The van der Waals surface area contributed by atoms with E-state index in [2.05, 4.69) is 39.4 Å². The molecule has 2 aromatic heterocycles. The quantitative estimate of drug-likeness (QED) is 0.739. The first-order chi connectivity index (χ1) is 12.7. The third-order valence-electron chi connectivity index (χ3n) is 5.27. The van der Waals surface area contributed by atoms with Gasteiger partial charge >= 0.3 is 0 Å². The van der Waals surface area contributed by atoms with Crippen LogP contribution >= 0.6 is 11.6 Å². The van der Waals surface area contributed by atoms with Crippen molar-refractivity contribution < 1.29 is 0 Å². The van der Waals surface area contributed by atoms with E-state index in [-0.39, 0.29) is 0 Å². The second kappa shape index (κ2) is 7.70. The molecule has 134 valence electrons. The molecule has 3 heterocycles. The van der Waals surface area contributed by atoms with Gasteiger partial charge in [0.25, 0.3) is 0 Å². The summed E-state index contributed by atoms with van der Waals surface area (Å²) in [5.74, 6) is 0.572. The van der Waals surface area contributed by atoms with Crippen molar-refractivity contribution in [3.05, 3.63) is 71.1 Å². The zero-order valence-corrected chi connectivity index (χ0v) is 15.7. The third kappa shape index (κ3) is 3.58. The Labute approximate surface area is 159 Å². The van der Waals surface area contributed by atoms with Gasteiger partial charge in [-0.3, -0.25) is 14.9 Å². The minimum Gasteiger partial charge on any atom is -0.312 e. The van der Waals surface area contributed by atoms with Crippen molar-refractivity contribution in [1.29, 1.82) is 0 Å². The van der Waals surface area contributed by atoms with Gasteiger partial charge in [-0.15, -0.1) is 0 Å². The summed E-state index contributed by atoms with van der Waals surface area (Å²) in [7, 11) is 2.20. The molecule has 1 saturated heterocycles. The van der Waals surface area contributed by atoms with Crippen LogP contribution in [0.5, 0.6) is 0 Å². The summed E-state index contributed by atoms with van der Waals surface area (Å²) < 4.78 is 0. The van der Waals surface area contributed by atoms with Crippen LogP contribution in [0.25, 0.3) is 10.9 Å². The number of benzene rings is 1. The number of hydrogen-bond donors (Lipinski definition) is 1. The molecule has 1 aromatic carbocycles. The second-order valence-electron chi connectivity index (χ2n) is 7.03. The molecule has 0 aliphatic carbocycles. The number of rotatable bonds is 5. The Balaban J connectivity index is 1.46. The lowest BCUT2D eigenvalue weighted by Gasteiger charge is -2.25. The minimum absolute atomic E-state index is 0.422. The van der Waals surface area contributed by atoms with E-state index in [1.807, 2.05) is 42.9 Å². The van der Waals surface area contributed by atoms with E-state index in [1.165, 1.54) is 12.0 Å². The Kier molecular flexibility index (Phi) is 5.16. The van der Waals surface area contributed by atoms with Crippen molar-refractivity contribution in [3.8, 4) is 0 Å². The molecular weight excluding hydrogens is 344 g/mol. The smallest absolute Gasteiger partial charge is 0.0747 e. The first kappa shape index (κ1) is 17.4. The number of nitrogens with one attached hydrogen (secondary N) is 1. The molecule has 4 nitrogen and oxygen atoms in total. The molecule has 26 heavy (non-hydrogen) atoms. The molecule has 2 atom stereocenters. The molecule has 4 rings (SSSR count). The molecule has 1 aliphatic heterocycles. The van der Waals surface area contributed by atoms with Crippen LogP contribution in [0, 0.1) is 5.92 Å². The molecule has 1 N–H and O–H groups in total. The highest BCUT2D eigenvalue weighted by Crippen LogP contribution is 2.35. The first-order valence-electron chi connectivity index (χ1n) is 9.06. The summed E-state index contributed by atoms with van der Waals surface area (Å²) in [6.07, 6.45) is 6.86. The largest absolute Gasteiger partial charge is 0.312 e. The maximum atomic E-state index is 6.28. The molecule has 0 saturated carbocycles. The summed E-state index contributed by atoms with van der Waals surface area (Å²) in [4.78, 5) is 11.3. The number of likely N-dealkylation sites (tertiary alicyclic amines) is 1. The van der Waals surface area contributed by atoms with Crippen molar-refractivity contribution >= 4 is 22.5 Å². The molecule has 3 aromatic rings. The highest BCUT2D eigenvalue weighted by atomic mass is 35.5. The average molecular weight is 367 g/mol. The van der Waals surface area contributed by atoms with E-state index < -0.39 is 0 Å². The van der Waals surface area contributed by atoms with Gasteiger partial charge in [-0.2, -0.15) is 0 Å². The normalized spacial score (nSPS) is 20.7. The van der Waals surface area contributed by atoms with Gasteiger partial charge in [0.2, 0.25) is 0 Å². The van der Waals surface area contributed by atoms with Crippen molar-refractivity contribution in [2.24, 2.45) is 5.92 Å². The summed E-state index contributed by atoms with van der Waals surface area (Å²) in [5.41, 5.74) is 3.48. The van der Waals surface area contributed by atoms with Crippen LogP contribution in [0.4, 0.5) is 0 Å². The van der Waals surface area contributed by atoms with Crippen LogP contribution < -0.4 is 5.32 Å². The number of hydrogen-bond acceptors (Lipinski definition) is 4. The fraction of sp³-hybridized carbons (Fsp3) is 0.333. The molecular formula is C21H23ClN4. The first-order valence-corrected chi connectivity index (χ1v) is 9.44. The SMILES string of the molecule is CN1CC[C@@H](CNCc2cc(Cl)cc3cccnc23)[C@@H]1c1cccnc1. The standard InChI is InChI=1S/C21H23ClN4/c1-26-9-6-17(21(26)16-5-2-7-23-12-16)13-24-14-18-11-19(22)10-15-4-3-8-25-20(15)18/h2-5,7-8,10-12,17,21,24H,6,9,13-14H2,1H3/t17-,21-/m0/s1. The zero-order chi connectivity index (χ0) is 17.9. The Morgan fingerprint density at radius 3 is 2.96 bits per heavy atom. The van der Waals surface area contributed by atoms with Crippen LogP contribution in [0.3, 0.4) is 0 Å². The predicted octanol–water partition coefficient (Wildman–Crippen LogP) is 4.07.